The molecule has 0 saturated heterocycles. The maximum absolute atomic E-state index is 12.3. The summed E-state index contributed by atoms with van der Waals surface area (Å²) in [6, 6.07) is 5.79. The lowest BCUT2D eigenvalue weighted by Crippen LogP contribution is -2.46. The number of benzene rings is 1. The molecule has 1 amide bonds. The predicted molar refractivity (Wildman–Crippen MR) is 73.8 cm³/mol. The lowest BCUT2D eigenvalue weighted by Gasteiger charge is -2.30. The van der Waals surface area contributed by atoms with Gasteiger partial charge in [0.15, 0.2) is 0 Å². The molecule has 1 aliphatic rings. The number of hydrogen-bond donors (Lipinski definition) is 2. The van der Waals surface area contributed by atoms with Crippen LogP contribution in [0.4, 0.5) is 0 Å². The highest BCUT2D eigenvalue weighted by Crippen LogP contribution is 2.31. The fourth-order valence-electron chi connectivity index (χ4n) is 2.26. The van der Waals surface area contributed by atoms with E-state index in [0.29, 0.717) is 11.6 Å². The molecule has 1 unspecified atom stereocenters. The Balaban J connectivity index is 2.30. The van der Waals surface area contributed by atoms with E-state index in [2.05, 4.69) is 10.6 Å². The zero-order valence-electron chi connectivity index (χ0n) is 11.0. The maximum atomic E-state index is 12.3. The van der Waals surface area contributed by atoms with Crippen molar-refractivity contribution in [3.8, 4) is 0 Å². The second-order valence-corrected chi connectivity index (χ2v) is 6.14. The number of fused-ring (bicyclic) bond motifs is 1. The van der Waals surface area contributed by atoms with E-state index in [1.165, 1.54) is 0 Å². The molecule has 0 fully saturated rings. The number of hydrogen-bond acceptors (Lipinski definition) is 2. The van der Waals surface area contributed by atoms with Crippen molar-refractivity contribution in [2.75, 3.05) is 6.54 Å². The molecule has 4 heteroatoms. The molecule has 0 saturated carbocycles. The Kier molecular flexibility index (Phi) is 3.64. The lowest BCUT2D eigenvalue weighted by molar-refractivity contribution is -0.124. The van der Waals surface area contributed by atoms with Gasteiger partial charge in [0.25, 0.3) is 0 Å². The van der Waals surface area contributed by atoms with Crippen LogP contribution >= 0.6 is 11.6 Å². The zero-order chi connectivity index (χ0) is 13.3. The van der Waals surface area contributed by atoms with E-state index < -0.39 is 0 Å². The first-order valence-corrected chi connectivity index (χ1v) is 6.56. The van der Waals surface area contributed by atoms with E-state index in [1.807, 2.05) is 39.0 Å². The molecular weight excluding hydrogens is 248 g/mol. The zero-order valence-corrected chi connectivity index (χ0v) is 11.8. The van der Waals surface area contributed by atoms with E-state index in [-0.39, 0.29) is 17.4 Å². The van der Waals surface area contributed by atoms with Crippen molar-refractivity contribution < 1.29 is 4.79 Å². The van der Waals surface area contributed by atoms with Crippen LogP contribution in [0.5, 0.6) is 0 Å². The molecule has 2 N–H and O–H groups in total. The molecule has 0 radical (unpaired) electrons. The van der Waals surface area contributed by atoms with Crippen molar-refractivity contribution in [3.05, 3.63) is 34.3 Å². The third-order valence-electron chi connectivity index (χ3n) is 2.97. The fraction of sp³-hybridized carbons (Fsp3) is 0.500. The van der Waals surface area contributed by atoms with E-state index in [0.717, 1.165) is 17.7 Å². The van der Waals surface area contributed by atoms with Crippen molar-refractivity contribution in [2.24, 2.45) is 0 Å². The molecule has 1 atom stereocenters. The predicted octanol–water partition coefficient (Wildman–Crippen LogP) is 2.44. The van der Waals surface area contributed by atoms with Crippen LogP contribution in [0.1, 0.15) is 37.8 Å². The van der Waals surface area contributed by atoms with Crippen LogP contribution in [-0.2, 0) is 11.3 Å². The summed E-state index contributed by atoms with van der Waals surface area (Å²) in [4.78, 5) is 12.3. The molecule has 1 heterocycles. The summed E-state index contributed by atoms with van der Waals surface area (Å²) in [5.41, 5.74) is 1.86. The number of halogens is 1. The highest BCUT2D eigenvalue weighted by molar-refractivity contribution is 6.31. The minimum atomic E-state index is -0.226. The van der Waals surface area contributed by atoms with Gasteiger partial charge in [-0.3, -0.25) is 4.79 Å². The molecule has 0 aromatic heterocycles. The van der Waals surface area contributed by atoms with Crippen LogP contribution in [0.3, 0.4) is 0 Å². The Morgan fingerprint density at radius 3 is 2.83 bits per heavy atom. The Labute approximate surface area is 113 Å². The number of nitrogens with one attached hydrogen (secondary N) is 2. The van der Waals surface area contributed by atoms with Crippen molar-refractivity contribution in [1.29, 1.82) is 0 Å². The average Bonchev–Trinajstić information content (AvgIpc) is 2.26. The van der Waals surface area contributed by atoms with Crippen LogP contribution in [0, 0.1) is 0 Å². The summed E-state index contributed by atoms with van der Waals surface area (Å²) in [6.45, 7) is 7.35. The lowest BCUT2D eigenvalue weighted by atomic mass is 9.89. The third kappa shape index (κ3) is 2.85. The SMILES string of the molecule is CC(C)(C)NC(=O)C1CNCc2cccc(Cl)c21. The quantitative estimate of drug-likeness (QED) is 0.820. The summed E-state index contributed by atoms with van der Waals surface area (Å²) in [5, 5.41) is 6.97. The fourth-order valence-corrected chi connectivity index (χ4v) is 2.59. The van der Waals surface area contributed by atoms with Crippen molar-refractivity contribution in [3.63, 3.8) is 0 Å². The van der Waals surface area contributed by atoms with Crippen molar-refractivity contribution in [2.45, 2.75) is 38.8 Å². The van der Waals surface area contributed by atoms with Gasteiger partial charge in [0.05, 0.1) is 5.92 Å². The molecule has 0 bridgehead atoms. The summed E-state index contributed by atoms with van der Waals surface area (Å²) in [7, 11) is 0. The largest absolute Gasteiger partial charge is 0.351 e. The van der Waals surface area contributed by atoms with Gasteiger partial charge >= 0.3 is 0 Å². The van der Waals surface area contributed by atoms with E-state index in [9.17, 15) is 4.79 Å². The van der Waals surface area contributed by atoms with Crippen LogP contribution in [0.25, 0.3) is 0 Å². The Hall–Kier alpha value is -1.06. The average molecular weight is 267 g/mol. The summed E-state index contributed by atoms with van der Waals surface area (Å²) >= 11 is 6.24. The van der Waals surface area contributed by atoms with E-state index in [4.69, 9.17) is 11.6 Å². The smallest absolute Gasteiger partial charge is 0.229 e. The second kappa shape index (κ2) is 4.90. The van der Waals surface area contributed by atoms with Crippen molar-refractivity contribution >= 4 is 17.5 Å². The monoisotopic (exact) mass is 266 g/mol. The first-order chi connectivity index (χ1) is 8.38. The number of carbonyl (C=O) groups is 1. The highest BCUT2D eigenvalue weighted by Gasteiger charge is 2.30. The van der Waals surface area contributed by atoms with E-state index >= 15 is 0 Å². The molecular formula is C14H19ClN2O. The molecule has 1 aliphatic heterocycles. The second-order valence-electron chi connectivity index (χ2n) is 5.74. The summed E-state index contributed by atoms with van der Waals surface area (Å²) < 4.78 is 0. The van der Waals surface area contributed by atoms with Crippen LogP contribution in [0.15, 0.2) is 18.2 Å². The van der Waals surface area contributed by atoms with Gasteiger partial charge < -0.3 is 10.6 Å². The van der Waals surface area contributed by atoms with Gasteiger partial charge in [-0.25, -0.2) is 0 Å². The van der Waals surface area contributed by atoms with Crippen LogP contribution in [-0.4, -0.2) is 18.0 Å². The molecule has 98 valence electrons. The van der Waals surface area contributed by atoms with Gasteiger partial charge in [0.2, 0.25) is 5.91 Å². The highest BCUT2D eigenvalue weighted by atomic mass is 35.5. The molecule has 1 aromatic carbocycles. The summed E-state index contributed by atoms with van der Waals surface area (Å²) in [5.74, 6) is -0.175. The van der Waals surface area contributed by atoms with Crippen molar-refractivity contribution in [1.82, 2.24) is 10.6 Å². The first-order valence-electron chi connectivity index (χ1n) is 6.18. The standard InChI is InChI=1S/C14H19ClN2O/c1-14(2,3)17-13(18)10-8-16-7-9-5-4-6-11(15)12(9)10/h4-6,10,16H,7-8H2,1-3H3,(H,17,18). The van der Waals surface area contributed by atoms with Gasteiger partial charge in [0, 0.05) is 23.7 Å². The first kappa shape index (κ1) is 13.4. The molecule has 3 nitrogen and oxygen atoms in total. The minimum Gasteiger partial charge on any atom is -0.351 e. The van der Waals surface area contributed by atoms with Gasteiger partial charge in [-0.2, -0.15) is 0 Å². The molecule has 2 rings (SSSR count). The molecule has 0 spiro atoms. The Bertz CT molecular complexity index is 465. The maximum Gasteiger partial charge on any atom is 0.229 e. The normalized spacial score (nSPS) is 19.2. The van der Waals surface area contributed by atoms with E-state index in [1.54, 1.807) is 0 Å². The molecule has 1 aromatic rings. The Morgan fingerprint density at radius 2 is 2.17 bits per heavy atom. The van der Waals surface area contributed by atoms with Gasteiger partial charge in [0.1, 0.15) is 0 Å². The molecule has 0 aliphatic carbocycles. The molecule has 18 heavy (non-hydrogen) atoms. The number of amides is 1. The topological polar surface area (TPSA) is 41.1 Å². The minimum absolute atomic E-state index is 0.0315. The number of carbonyl (C=O) groups excluding carboxylic acids is 1. The Morgan fingerprint density at radius 1 is 1.44 bits per heavy atom. The van der Waals surface area contributed by atoms with Crippen LogP contribution in [0.2, 0.25) is 5.02 Å². The van der Waals surface area contributed by atoms with Gasteiger partial charge in [-0.05, 0) is 38.0 Å². The van der Waals surface area contributed by atoms with Gasteiger partial charge in [-0.15, -0.1) is 0 Å². The van der Waals surface area contributed by atoms with Crippen LogP contribution < -0.4 is 10.6 Å². The van der Waals surface area contributed by atoms with Gasteiger partial charge in [-0.1, -0.05) is 23.7 Å². The third-order valence-corrected chi connectivity index (χ3v) is 3.30. The summed E-state index contributed by atoms with van der Waals surface area (Å²) in [6.07, 6.45) is 0. The number of rotatable bonds is 1.